The molecule has 0 aliphatic carbocycles. The van der Waals surface area contributed by atoms with Crippen LogP contribution < -0.4 is 5.73 Å². The van der Waals surface area contributed by atoms with Crippen LogP contribution in [0.2, 0.25) is 0 Å². The first-order valence-electron chi connectivity index (χ1n) is 6.29. The molecule has 1 heterocycles. The van der Waals surface area contributed by atoms with Gasteiger partial charge in [-0.25, -0.2) is 0 Å². The van der Waals surface area contributed by atoms with Gasteiger partial charge in [-0.3, -0.25) is 14.4 Å². The Kier molecular flexibility index (Phi) is 6.06. The number of aliphatic hydroxyl groups is 1. The monoisotopic (exact) mass is 305 g/mol. The molecule has 3 N–H and O–H groups in total. The van der Waals surface area contributed by atoms with Crippen LogP contribution in [0.1, 0.15) is 20.8 Å². The maximum Gasteiger partial charge on any atom is 0.303 e. The Morgan fingerprint density at radius 2 is 1.57 bits per heavy atom. The summed E-state index contributed by atoms with van der Waals surface area (Å²) in [5.74, 6) is -1.89. The molecule has 1 aliphatic rings. The second kappa shape index (κ2) is 7.34. The normalized spacial score (nSPS) is 32.1. The van der Waals surface area contributed by atoms with E-state index in [0.29, 0.717) is 0 Å². The number of aliphatic hydroxyl groups excluding tert-OH is 1. The summed E-state index contributed by atoms with van der Waals surface area (Å²) in [6, 6.07) is -1.10. The zero-order valence-electron chi connectivity index (χ0n) is 12.0. The van der Waals surface area contributed by atoms with E-state index in [-0.39, 0.29) is 6.61 Å². The van der Waals surface area contributed by atoms with Crippen molar-refractivity contribution in [1.29, 1.82) is 0 Å². The lowest BCUT2D eigenvalue weighted by Gasteiger charge is -2.41. The molecule has 0 amide bonds. The van der Waals surface area contributed by atoms with Crippen molar-refractivity contribution in [1.82, 2.24) is 0 Å². The van der Waals surface area contributed by atoms with E-state index in [4.69, 9.17) is 24.7 Å². The van der Waals surface area contributed by atoms with E-state index in [1.54, 1.807) is 0 Å². The van der Waals surface area contributed by atoms with E-state index < -0.39 is 48.6 Å². The summed E-state index contributed by atoms with van der Waals surface area (Å²) in [6.45, 7) is 3.22. The minimum Gasteiger partial charge on any atom is -0.463 e. The minimum atomic E-state index is -1.46. The molecule has 9 heteroatoms. The fourth-order valence-corrected chi connectivity index (χ4v) is 1.95. The maximum atomic E-state index is 11.2. The third kappa shape index (κ3) is 4.96. The summed E-state index contributed by atoms with van der Waals surface area (Å²) >= 11 is 0. The zero-order valence-corrected chi connectivity index (χ0v) is 12.0. The van der Waals surface area contributed by atoms with Crippen LogP contribution in [0.5, 0.6) is 0 Å². The van der Waals surface area contributed by atoms with Crippen molar-refractivity contribution >= 4 is 17.9 Å². The molecule has 120 valence electrons. The standard InChI is InChI=1S/C12H19NO8/c1-5(14)18-4-8-10(19-6(2)15)11(20-7(3)16)9(13)12(17)21-8/h8-12,17H,4,13H2,1-3H3/t8?,9?,10-,11-,12-/m1/s1. The first-order chi connectivity index (χ1) is 9.72. The number of carbonyl (C=O) groups excluding carboxylic acids is 3. The summed E-state index contributed by atoms with van der Waals surface area (Å²) < 4.78 is 20.0. The molecule has 1 aliphatic heterocycles. The van der Waals surface area contributed by atoms with Crippen molar-refractivity contribution in [2.24, 2.45) is 5.73 Å². The number of hydrogen-bond acceptors (Lipinski definition) is 9. The number of carbonyl (C=O) groups is 3. The van der Waals surface area contributed by atoms with Crippen molar-refractivity contribution in [3.63, 3.8) is 0 Å². The lowest BCUT2D eigenvalue weighted by molar-refractivity contribution is -0.260. The van der Waals surface area contributed by atoms with Crippen molar-refractivity contribution in [3.05, 3.63) is 0 Å². The molecular weight excluding hydrogens is 286 g/mol. The first kappa shape index (κ1) is 17.3. The van der Waals surface area contributed by atoms with Gasteiger partial charge in [-0.05, 0) is 0 Å². The van der Waals surface area contributed by atoms with Crippen molar-refractivity contribution < 1.29 is 38.4 Å². The molecule has 1 fully saturated rings. The van der Waals surface area contributed by atoms with Crippen LogP contribution in [-0.2, 0) is 33.3 Å². The van der Waals surface area contributed by atoms with Crippen LogP contribution in [0.4, 0.5) is 0 Å². The summed E-state index contributed by atoms with van der Waals surface area (Å²) in [6.07, 6.45) is -4.67. The first-order valence-corrected chi connectivity index (χ1v) is 6.29. The molecular formula is C12H19NO8. The van der Waals surface area contributed by atoms with E-state index in [1.165, 1.54) is 6.92 Å². The molecule has 0 aromatic carbocycles. The molecule has 2 unspecified atom stereocenters. The number of hydrogen-bond donors (Lipinski definition) is 2. The third-order valence-corrected chi connectivity index (χ3v) is 2.77. The molecule has 0 bridgehead atoms. The fourth-order valence-electron chi connectivity index (χ4n) is 1.95. The predicted molar refractivity (Wildman–Crippen MR) is 66.6 cm³/mol. The summed E-state index contributed by atoms with van der Waals surface area (Å²) in [5.41, 5.74) is 5.70. The van der Waals surface area contributed by atoms with E-state index in [9.17, 15) is 19.5 Å². The van der Waals surface area contributed by atoms with Crippen LogP contribution >= 0.6 is 0 Å². The van der Waals surface area contributed by atoms with Gasteiger partial charge in [0.15, 0.2) is 18.5 Å². The molecule has 0 aromatic rings. The van der Waals surface area contributed by atoms with Gasteiger partial charge < -0.3 is 29.8 Å². The maximum absolute atomic E-state index is 11.2. The Bertz CT molecular complexity index is 412. The van der Waals surface area contributed by atoms with Gasteiger partial charge in [-0.15, -0.1) is 0 Å². The van der Waals surface area contributed by atoms with E-state index in [2.05, 4.69) is 0 Å². The molecule has 0 spiro atoms. The smallest absolute Gasteiger partial charge is 0.303 e. The lowest BCUT2D eigenvalue weighted by Crippen LogP contribution is -2.64. The topological polar surface area (TPSA) is 134 Å². The van der Waals surface area contributed by atoms with E-state index in [1.807, 2.05) is 0 Å². The van der Waals surface area contributed by atoms with Crippen LogP contribution in [0, 0.1) is 0 Å². The third-order valence-electron chi connectivity index (χ3n) is 2.77. The van der Waals surface area contributed by atoms with Gasteiger partial charge in [0.2, 0.25) is 0 Å². The average molecular weight is 305 g/mol. The molecule has 5 atom stereocenters. The quantitative estimate of drug-likeness (QED) is 0.468. The van der Waals surface area contributed by atoms with Crippen LogP contribution in [0.3, 0.4) is 0 Å². The molecule has 21 heavy (non-hydrogen) atoms. The molecule has 1 saturated heterocycles. The van der Waals surface area contributed by atoms with Gasteiger partial charge in [0.05, 0.1) is 6.04 Å². The highest BCUT2D eigenvalue weighted by atomic mass is 16.7. The Hall–Kier alpha value is -1.71. The Balaban J connectivity index is 2.94. The molecule has 0 saturated carbocycles. The molecule has 0 radical (unpaired) electrons. The predicted octanol–water partition coefficient (Wildman–Crippen LogP) is -1.54. The van der Waals surface area contributed by atoms with Crippen molar-refractivity contribution in [2.45, 2.75) is 51.4 Å². The number of esters is 3. The highest BCUT2D eigenvalue weighted by Gasteiger charge is 2.48. The Morgan fingerprint density at radius 3 is 2.05 bits per heavy atom. The number of ether oxygens (including phenoxy) is 4. The number of nitrogens with two attached hydrogens (primary N) is 1. The van der Waals surface area contributed by atoms with E-state index >= 15 is 0 Å². The summed E-state index contributed by atoms with van der Waals surface area (Å²) in [5, 5.41) is 9.73. The molecule has 1 rings (SSSR count). The molecule has 0 aromatic heterocycles. The lowest BCUT2D eigenvalue weighted by atomic mass is 9.97. The van der Waals surface area contributed by atoms with Gasteiger partial charge in [0.25, 0.3) is 0 Å². The highest BCUT2D eigenvalue weighted by Crippen LogP contribution is 2.24. The minimum absolute atomic E-state index is 0.283. The second-order valence-electron chi connectivity index (χ2n) is 4.59. The second-order valence-corrected chi connectivity index (χ2v) is 4.59. The van der Waals surface area contributed by atoms with Gasteiger partial charge >= 0.3 is 17.9 Å². The summed E-state index contributed by atoms with van der Waals surface area (Å²) in [4.78, 5) is 33.2. The zero-order chi connectivity index (χ0) is 16.2. The van der Waals surface area contributed by atoms with Gasteiger partial charge in [0.1, 0.15) is 12.7 Å². The van der Waals surface area contributed by atoms with Gasteiger partial charge in [0, 0.05) is 20.8 Å². The van der Waals surface area contributed by atoms with Crippen LogP contribution in [0.25, 0.3) is 0 Å². The fraction of sp³-hybridized carbons (Fsp3) is 0.750. The Labute approximate surface area is 121 Å². The summed E-state index contributed by atoms with van der Waals surface area (Å²) in [7, 11) is 0. The average Bonchev–Trinajstić information content (AvgIpc) is 2.35. The largest absolute Gasteiger partial charge is 0.463 e. The van der Waals surface area contributed by atoms with Crippen LogP contribution in [0.15, 0.2) is 0 Å². The van der Waals surface area contributed by atoms with Gasteiger partial charge in [-0.1, -0.05) is 0 Å². The van der Waals surface area contributed by atoms with Gasteiger partial charge in [-0.2, -0.15) is 0 Å². The van der Waals surface area contributed by atoms with Crippen molar-refractivity contribution in [2.75, 3.05) is 6.61 Å². The number of rotatable bonds is 4. The van der Waals surface area contributed by atoms with Crippen molar-refractivity contribution in [3.8, 4) is 0 Å². The SMILES string of the molecule is CC(=O)OCC1O[C@@H](O)C(N)[C@@H](OC(C)=O)[C@@H]1OC(C)=O. The van der Waals surface area contributed by atoms with E-state index in [0.717, 1.165) is 13.8 Å². The highest BCUT2D eigenvalue weighted by molar-refractivity contribution is 5.67. The Morgan fingerprint density at radius 1 is 1.05 bits per heavy atom. The molecule has 9 nitrogen and oxygen atoms in total. The van der Waals surface area contributed by atoms with Crippen LogP contribution in [-0.4, -0.2) is 60.3 Å².